The molecule has 1 N–H and O–H groups in total. The van der Waals surface area contributed by atoms with Gasteiger partial charge in [0.2, 0.25) is 5.91 Å². The van der Waals surface area contributed by atoms with E-state index < -0.39 is 0 Å². The van der Waals surface area contributed by atoms with Crippen LogP contribution in [0.2, 0.25) is 0 Å². The second-order valence-corrected chi connectivity index (χ2v) is 8.20. The number of carbonyl (C=O) groups excluding carboxylic acids is 1. The second-order valence-electron chi connectivity index (χ2n) is 7.17. The van der Waals surface area contributed by atoms with Gasteiger partial charge in [-0.15, -0.1) is 11.3 Å². The van der Waals surface area contributed by atoms with Crippen molar-refractivity contribution < 1.29 is 9.53 Å². The van der Waals surface area contributed by atoms with E-state index >= 15 is 0 Å². The third-order valence-corrected chi connectivity index (χ3v) is 6.28. The van der Waals surface area contributed by atoms with Gasteiger partial charge < -0.3 is 10.1 Å². The first kappa shape index (κ1) is 18.6. The fourth-order valence-corrected chi connectivity index (χ4v) is 4.70. The summed E-state index contributed by atoms with van der Waals surface area (Å²) in [5, 5.41) is 3.56. The molecule has 0 saturated heterocycles. The first-order chi connectivity index (χ1) is 14.7. The Morgan fingerprint density at radius 3 is 2.83 bits per heavy atom. The molecular formula is C23H19N3O3S. The minimum Gasteiger partial charge on any atom is -0.493 e. The minimum absolute atomic E-state index is 0.0716. The van der Waals surface area contributed by atoms with Crippen LogP contribution in [0, 0.1) is 0 Å². The van der Waals surface area contributed by atoms with Gasteiger partial charge in [0.25, 0.3) is 5.56 Å². The molecule has 7 heteroatoms. The van der Waals surface area contributed by atoms with E-state index in [1.54, 1.807) is 0 Å². The summed E-state index contributed by atoms with van der Waals surface area (Å²) in [5.41, 5.74) is 1.80. The number of nitrogens with zero attached hydrogens (tertiary/aromatic N) is 2. The molecule has 0 fully saturated rings. The Bertz CT molecular complexity index is 1280. The predicted molar refractivity (Wildman–Crippen MR) is 117 cm³/mol. The van der Waals surface area contributed by atoms with Crippen LogP contribution in [0.1, 0.15) is 18.0 Å². The normalized spacial score (nSPS) is 15.4. The maximum absolute atomic E-state index is 12.9. The van der Waals surface area contributed by atoms with Gasteiger partial charge in [0.05, 0.1) is 24.4 Å². The summed E-state index contributed by atoms with van der Waals surface area (Å²) >= 11 is 1.47. The van der Waals surface area contributed by atoms with E-state index in [1.165, 1.54) is 22.2 Å². The minimum atomic E-state index is -0.224. The van der Waals surface area contributed by atoms with Gasteiger partial charge in [-0.05, 0) is 17.7 Å². The summed E-state index contributed by atoms with van der Waals surface area (Å²) in [5.74, 6) is 0.569. The summed E-state index contributed by atoms with van der Waals surface area (Å²) in [4.78, 5) is 31.7. The van der Waals surface area contributed by atoms with Gasteiger partial charge in [-0.2, -0.15) is 0 Å². The lowest BCUT2D eigenvalue weighted by Gasteiger charge is -2.26. The van der Waals surface area contributed by atoms with E-state index in [1.807, 2.05) is 60.7 Å². The van der Waals surface area contributed by atoms with Crippen LogP contribution in [0.3, 0.4) is 0 Å². The molecule has 5 rings (SSSR count). The average molecular weight is 417 g/mol. The first-order valence-electron chi connectivity index (χ1n) is 9.74. The van der Waals surface area contributed by atoms with E-state index in [4.69, 9.17) is 4.74 Å². The molecule has 30 heavy (non-hydrogen) atoms. The highest BCUT2D eigenvalue weighted by molar-refractivity contribution is 7.21. The van der Waals surface area contributed by atoms with Crippen molar-refractivity contribution in [3.8, 4) is 16.2 Å². The highest BCUT2D eigenvalue weighted by atomic mass is 32.1. The molecule has 1 amide bonds. The van der Waals surface area contributed by atoms with Gasteiger partial charge in [0.15, 0.2) is 0 Å². The zero-order valence-corrected chi connectivity index (χ0v) is 16.9. The fraction of sp³-hybridized carbons (Fsp3) is 0.174. The molecule has 6 nitrogen and oxygen atoms in total. The zero-order valence-electron chi connectivity index (χ0n) is 16.1. The van der Waals surface area contributed by atoms with Crippen LogP contribution in [0.15, 0.2) is 71.8 Å². The number of rotatable bonds is 4. The Morgan fingerprint density at radius 2 is 1.97 bits per heavy atom. The summed E-state index contributed by atoms with van der Waals surface area (Å²) in [7, 11) is 0. The Morgan fingerprint density at radius 1 is 1.17 bits per heavy atom. The Balaban J connectivity index is 1.37. The van der Waals surface area contributed by atoms with Gasteiger partial charge in [0, 0.05) is 16.9 Å². The van der Waals surface area contributed by atoms with Crippen LogP contribution in [0.5, 0.6) is 5.75 Å². The predicted octanol–water partition coefficient (Wildman–Crippen LogP) is 3.77. The number of nitrogens with one attached hydrogen (secondary N) is 1. The number of para-hydroxylation sites is 1. The number of ether oxygens (including phenoxy) is 1. The van der Waals surface area contributed by atoms with Gasteiger partial charge in [0.1, 0.15) is 17.1 Å². The number of carbonyl (C=O) groups is 1. The molecule has 0 spiro atoms. The molecule has 0 saturated carbocycles. The third kappa shape index (κ3) is 3.48. The Hall–Kier alpha value is -3.45. The van der Waals surface area contributed by atoms with Crippen LogP contribution >= 0.6 is 11.3 Å². The van der Waals surface area contributed by atoms with Crippen LogP contribution in [0.25, 0.3) is 20.7 Å². The number of hydrogen-bond donors (Lipinski definition) is 1. The maximum Gasteiger partial charge on any atom is 0.262 e. The quantitative estimate of drug-likeness (QED) is 0.549. The number of fused-ring (bicyclic) bond motifs is 2. The van der Waals surface area contributed by atoms with Crippen LogP contribution in [-0.4, -0.2) is 22.1 Å². The molecule has 1 aliphatic rings. The molecule has 0 aliphatic carbocycles. The zero-order chi connectivity index (χ0) is 20.5. The van der Waals surface area contributed by atoms with E-state index in [0.29, 0.717) is 23.2 Å². The molecule has 3 heterocycles. The topological polar surface area (TPSA) is 73.2 Å². The highest BCUT2D eigenvalue weighted by Crippen LogP contribution is 2.32. The van der Waals surface area contributed by atoms with Crippen molar-refractivity contribution in [2.45, 2.75) is 19.0 Å². The van der Waals surface area contributed by atoms with E-state index in [0.717, 1.165) is 21.8 Å². The lowest BCUT2D eigenvalue weighted by molar-refractivity contribution is -0.122. The van der Waals surface area contributed by atoms with E-state index in [-0.39, 0.29) is 24.1 Å². The van der Waals surface area contributed by atoms with Crippen LogP contribution in [0.4, 0.5) is 0 Å². The first-order valence-corrected chi connectivity index (χ1v) is 10.6. The van der Waals surface area contributed by atoms with E-state index in [2.05, 4.69) is 10.3 Å². The van der Waals surface area contributed by atoms with Crippen LogP contribution in [-0.2, 0) is 11.3 Å². The van der Waals surface area contributed by atoms with Crippen molar-refractivity contribution in [2.75, 3.05) is 6.61 Å². The van der Waals surface area contributed by atoms with Crippen molar-refractivity contribution in [3.63, 3.8) is 0 Å². The average Bonchev–Trinajstić information content (AvgIpc) is 3.22. The molecule has 4 aromatic rings. The summed E-state index contributed by atoms with van der Waals surface area (Å²) in [6.07, 6.45) is 2.15. The lowest BCUT2D eigenvalue weighted by Crippen LogP contribution is -2.36. The maximum atomic E-state index is 12.9. The number of thiophene rings is 1. The molecular weight excluding hydrogens is 398 g/mol. The standard InChI is InChI=1S/C23H19N3O3S/c27-21(25-18-10-11-29-19-9-5-4-8-16(18)19)13-26-14-24-22-17(23(26)28)12-20(30-22)15-6-2-1-3-7-15/h1-9,12,14,18H,10-11,13H2,(H,25,27). The van der Waals surface area contributed by atoms with Crippen LogP contribution < -0.4 is 15.6 Å². The largest absolute Gasteiger partial charge is 0.493 e. The third-order valence-electron chi connectivity index (χ3n) is 5.18. The summed E-state index contributed by atoms with van der Waals surface area (Å²) < 4.78 is 7.01. The molecule has 0 bridgehead atoms. The summed E-state index contributed by atoms with van der Waals surface area (Å²) in [6, 6.07) is 19.3. The highest BCUT2D eigenvalue weighted by Gasteiger charge is 2.23. The SMILES string of the molecule is O=C(Cn1cnc2sc(-c3ccccc3)cc2c1=O)NC1CCOc2ccccc21. The van der Waals surface area contributed by atoms with Crippen molar-refractivity contribution in [2.24, 2.45) is 0 Å². The number of aromatic nitrogens is 2. The van der Waals surface area contributed by atoms with Crippen molar-refractivity contribution >= 4 is 27.5 Å². The number of hydrogen-bond acceptors (Lipinski definition) is 5. The molecule has 0 radical (unpaired) electrons. The molecule has 2 aromatic heterocycles. The lowest BCUT2D eigenvalue weighted by atomic mass is 10.0. The number of benzene rings is 2. The summed E-state index contributed by atoms with van der Waals surface area (Å²) in [6.45, 7) is 0.477. The van der Waals surface area contributed by atoms with E-state index in [9.17, 15) is 9.59 Å². The Labute approximate surface area is 176 Å². The second kappa shape index (κ2) is 7.76. The molecule has 1 unspecified atom stereocenters. The number of amides is 1. The van der Waals surface area contributed by atoms with Gasteiger partial charge >= 0.3 is 0 Å². The van der Waals surface area contributed by atoms with Gasteiger partial charge in [-0.3, -0.25) is 14.2 Å². The van der Waals surface area contributed by atoms with Gasteiger partial charge in [-0.1, -0.05) is 48.5 Å². The van der Waals surface area contributed by atoms with Crippen molar-refractivity contribution in [3.05, 3.63) is 82.9 Å². The van der Waals surface area contributed by atoms with Gasteiger partial charge in [-0.25, -0.2) is 4.98 Å². The molecule has 150 valence electrons. The van der Waals surface area contributed by atoms with Crippen molar-refractivity contribution in [1.82, 2.24) is 14.9 Å². The monoisotopic (exact) mass is 417 g/mol. The smallest absolute Gasteiger partial charge is 0.262 e. The Kier molecular flexibility index (Phi) is 4.80. The molecule has 1 aliphatic heterocycles. The fourth-order valence-electron chi connectivity index (χ4n) is 3.70. The van der Waals surface area contributed by atoms with Crippen molar-refractivity contribution in [1.29, 1.82) is 0 Å². The molecule has 2 aromatic carbocycles. The molecule has 1 atom stereocenters.